The fraction of sp³-hybridized carbons (Fsp3) is 0.278. The summed E-state index contributed by atoms with van der Waals surface area (Å²) in [7, 11) is 1.58. The van der Waals surface area contributed by atoms with E-state index in [0.29, 0.717) is 24.6 Å². The second-order valence-corrected chi connectivity index (χ2v) is 5.09. The maximum Gasteiger partial charge on any atom is 0.319 e. The molecule has 0 radical (unpaired) electrons. The van der Waals surface area contributed by atoms with Gasteiger partial charge < -0.3 is 20.1 Å². The Labute approximate surface area is 136 Å². The van der Waals surface area contributed by atoms with Gasteiger partial charge in [-0.25, -0.2) is 4.79 Å². The normalized spacial score (nSPS) is 10.0. The monoisotopic (exact) mass is 314 g/mol. The van der Waals surface area contributed by atoms with Crippen LogP contribution in [0.4, 0.5) is 10.5 Å². The van der Waals surface area contributed by atoms with Gasteiger partial charge in [0.1, 0.15) is 11.5 Å². The van der Waals surface area contributed by atoms with E-state index in [2.05, 4.69) is 10.6 Å². The van der Waals surface area contributed by atoms with E-state index in [4.69, 9.17) is 9.47 Å². The van der Waals surface area contributed by atoms with Gasteiger partial charge >= 0.3 is 6.03 Å². The van der Waals surface area contributed by atoms with Gasteiger partial charge in [0, 0.05) is 6.54 Å². The first-order chi connectivity index (χ1) is 11.1. The summed E-state index contributed by atoms with van der Waals surface area (Å²) in [6.07, 6.45) is 0. The number of carbonyl (C=O) groups is 1. The first kappa shape index (κ1) is 16.7. The summed E-state index contributed by atoms with van der Waals surface area (Å²) in [5, 5.41) is 5.63. The van der Waals surface area contributed by atoms with E-state index in [1.165, 1.54) is 0 Å². The van der Waals surface area contributed by atoms with Crippen molar-refractivity contribution >= 4 is 11.7 Å². The third kappa shape index (κ3) is 4.92. The number of hydrogen-bond acceptors (Lipinski definition) is 3. The molecule has 0 aromatic heterocycles. The Hall–Kier alpha value is -2.69. The number of ether oxygens (including phenoxy) is 2. The van der Waals surface area contributed by atoms with Gasteiger partial charge in [0.2, 0.25) is 0 Å². The highest BCUT2D eigenvalue weighted by Crippen LogP contribution is 2.25. The predicted octanol–water partition coefficient (Wildman–Crippen LogP) is 3.72. The van der Waals surface area contributed by atoms with E-state index >= 15 is 0 Å². The smallest absolute Gasteiger partial charge is 0.319 e. The van der Waals surface area contributed by atoms with Crippen molar-refractivity contribution in [2.45, 2.75) is 20.4 Å². The van der Waals surface area contributed by atoms with Gasteiger partial charge in [-0.15, -0.1) is 0 Å². The summed E-state index contributed by atoms with van der Waals surface area (Å²) in [6, 6.07) is 13.0. The molecule has 2 amide bonds. The van der Waals surface area contributed by atoms with E-state index in [9.17, 15) is 4.79 Å². The molecule has 0 saturated heterocycles. The molecule has 2 rings (SSSR count). The summed E-state index contributed by atoms with van der Waals surface area (Å²) in [5.74, 6) is 1.46. The van der Waals surface area contributed by atoms with Crippen LogP contribution in [0, 0.1) is 6.92 Å². The number of amides is 2. The van der Waals surface area contributed by atoms with Crippen LogP contribution in [0.3, 0.4) is 0 Å². The molecule has 23 heavy (non-hydrogen) atoms. The van der Waals surface area contributed by atoms with E-state index in [0.717, 1.165) is 16.9 Å². The Kier molecular flexibility index (Phi) is 5.86. The van der Waals surface area contributed by atoms with Gasteiger partial charge in [-0.05, 0) is 49.2 Å². The molecule has 0 unspecified atom stereocenters. The molecule has 0 bridgehead atoms. The van der Waals surface area contributed by atoms with Crippen molar-refractivity contribution in [1.82, 2.24) is 5.32 Å². The van der Waals surface area contributed by atoms with Crippen molar-refractivity contribution in [3.05, 3.63) is 53.6 Å². The quantitative estimate of drug-likeness (QED) is 0.854. The van der Waals surface area contributed by atoms with Crippen LogP contribution in [0.25, 0.3) is 0 Å². The predicted molar refractivity (Wildman–Crippen MR) is 91.2 cm³/mol. The number of methoxy groups -OCH3 is 1. The molecule has 0 aliphatic heterocycles. The van der Waals surface area contributed by atoms with Crippen LogP contribution in [0.1, 0.15) is 18.1 Å². The molecule has 0 atom stereocenters. The van der Waals surface area contributed by atoms with Gasteiger partial charge in [0.25, 0.3) is 0 Å². The average molecular weight is 314 g/mol. The lowest BCUT2D eigenvalue weighted by Crippen LogP contribution is -2.28. The van der Waals surface area contributed by atoms with Crippen LogP contribution in [-0.2, 0) is 6.54 Å². The van der Waals surface area contributed by atoms with Crippen molar-refractivity contribution in [3.8, 4) is 11.5 Å². The van der Waals surface area contributed by atoms with Crippen LogP contribution < -0.4 is 20.1 Å². The van der Waals surface area contributed by atoms with Crippen LogP contribution in [0.5, 0.6) is 11.5 Å². The minimum atomic E-state index is -0.275. The van der Waals surface area contributed by atoms with Crippen molar-refractivity contribution in [1.29, 1.82) is 0 Å². The zero-order valence-electron chi connectivity index (χ0n) is 13.7. The molecule has 5 heteroatoms. The molecular formula is C18H22N2O3. The minimum absolute atomic E-state index is 0.275. The molecule has 0 fully saturated rings. The first-order valence-corrected chi connectivity index (χ1v) is 7.53. The fourth-order valence-corrected chi connectivity index (χ4v) is 2.14. The maximum atomic E-state index is 12.0. The second-order valence-electron chi connectivity index (χ2n) is 5.09. The Bertz CT molecular complexity index is 654. The Morgan fingerprint density at radius 1 is 1.13 bits per heavy atom. The summed E-state index contributed by atoms with van der Waals surface area (Å²) in [4.78, 5) is 12.0. The highest BCUT2D eigenvalue weighted by atomic mass is 16.5. The molecule has 0 spiro atoms. The number of carbonyl (C=O) groups excluding carboxylic acids is 1. The number of rotatable bonds is 6. The van der Waals surface area contributed by atoms with Gasteiger partial charge in [0.15, 0.2) is 0 Å². The fourth-order valence-electron chi connectivity index (χ4n) is 2.14. The van der Waals surface area contributed by atoms with Crippen LogP contribution in [0.15, 0.2) is 42.5 Å². The minimum Gasteiger partial charge on any atom is -0.495 e. The lowest BCUT2D eigenvalue weighted by Gasteiger charge is -2.12. The molecule has 2 aromatic rings. The Morgan fingerprint density at radius 3 is 2.52 bits per heavy atom. The number of benzene rings is 2. The molecular weight excluding hydrogens is 292 g/mol. The van der Waals surface area contributed by atoms with E-state index in [1.54, 1.807) is 7.11 Å². The first-order valence-electron chi connectivity index (χ1n) is 7.53. The summed E-state index contributed by atoms with van der Waals surface area (Å²) >= 11 is 0. The molecule has 0 aliphatic rings. The topological polar surface area (TPSA) is 59.6 Å². The van der Waals surface area contributed by atoms with Crippen molar-refractivity contribution < 1.29 is 14.3 Å². The average Bonchev–Trinajstić information content (AvgIpc) is 2.55. The summed E-state index contributed by atoms with van der Waals surface area (Å²) < 4.78 is 10.6. The van der Waals surface area contributed by atoms with Crippen LogP contribution in [-0.4, -0.2) is 19.7 Å². The van der Waals surface area contributed by atoms with E-state index in [-0.39, 0.29) is 6.03 Å². The number of urea groups is 1. The van der Waals surface area contributed by atoms with E-state index < -0.39 is 0 Å². The molecule has 2 N–H and O–H groups in total. The van der Waals surface area contributed by atoms with Crippen molar-refractivity contribution in [2.24, 2.45) is 0 Å². The largest absolute Gasteiger partial charge is 0.495 e. The van der Waals surface area contributed by atoms with Crippen LogP contribution in [0.2, 0.25) is 0 Å². The number of hydrogen-bond donors (Lipinski definition) is 2. The van der Waals surface area contributed by atoms with Gasteiger partial charge in [-0.1, -0.05) is 18.2 Å². The van der Waals surface area contributed by atoms with Gasteiger partial charge in [-0.2, -0.15) is 0 Å². The van der Waals surface area contributed by atoms with Crippen molar-refractivity contribution in [3.63, 3.8) is 0 Å². The zero-order valence-corrected chi connectivity index (χ0v) is 13.7. The second kappa shape index (κ2) is 8.08. The summed E-state index contributed by atoms with van der Waals surface area (Å²) in [5.41, 5.74) is 2.70. The van der Waals surface area contributed by atoms with Crippen molar-refractivity contribution in [2.75, 3.05) is 19.0 Å². The zero-order chi connectivity index (χ0) is 16.7. The molecule has 0 aliphatic carbocycles. The SMILES string of the molecule is CCOc1ccc(CNC(=O)Nc2cc(C)ccc2OC)cc1. The van der Waals surface area contributed by atoms with E-state index in [1.807, 2.05) is 56.3 Å². The number of nitrogens with one attached hydrogen (secondary N) is 2. The molecule has 2 aromatic carbocycles. The molecule has 5 nitrogen and oxygen atoms in total. The van der Waals surface area contributed by atoms with Crippen LogP contribution >= 0.6 is 0 Å². The highest BCUT2D eigenvalue weighted by Gasteiger charge is 2.07. The third-order valence-corrected chi connectivity index (χ3v) is 3.29. The highest BCUT2D eigenvalue weighted by molar-refractivity contribution is 5.91. The number of anilines is 1. The molecule has 122 valence electrons. The van der Waals surface area contributed by atoms with Gasteiger partial charge in [0.05, 0.1) is 19.4 Å². The third-order valence-electron chi connectivity index (χ3n) is 3.29. The Morgan fingerprint density at radius 2 is 1.87 bits per heavy atom. The molecule has 0 heterocycles. The number of aryl methyl sites for hydroxylation is 1. The maximum absolute atomic E-state index is 12.0. The lowest BCUT2D eigenvalue weighted by molar-refractivity contribution is 0.251. The standard InChI is InChI=1S/C18H22N2O3/c1-4-23-15-8-6-14(7-9-15)12-19-18(21)20-16-11-13(2)5-10-17(16)22-3/h5-11H,4,12H2,1-3H3,(H2,19,20,21). The van der Waals surface area contributed by atoms with Gasteiger partial charge in [-0.3, -0.25) is 0 Å². The lowest BCUT2D eigenvalue weighted by atomic mass is 10.2. The summed E-state index contributed by atoms with van der Waals surface area (Å²) in [6.45, 7) is 4.98. The Balaban J connectivity index is 1.91. The molecule has 0 saturated carbocycles.